The number of unbranched alkanes of at least 4 members (excludes halogenated alkanes) is 1. The van der Waals surface area contributed by atoms with Crippen molar-refractivity contribution >= 4 is 34.4 Å². The van der Waals surface area contributed by atoms with Gasteiger partial charge in [-0.2, -0.15) is 0 Å². The Morgan fingerprint density at radius 3 is 2.70 bits per heavy atom. The second-order valence-electron chi connectivity index (χ2n) is 6.85. The highest BCUT2D eigenvalue weighted by Gasteiger charge is 2.23. The molecule has 0 aliphatic rings. The quantitative estimate of drug-likeness (QED) is 0.390. The third kappa shape index (κ3) is 5.77. The molecule has 158 valence electrons. The minimum absolute atomic E-state index is 0.0457. The molecular weight excluding hydrogens is 411 g/mol. The van der Waals surface area contributed by atoms with Gasteiger partial charge in [0.05, 0.1) is 5.02 Å². The van der Waals surface area contributed by atoms with E-state index in [2.05, 4.69) is 20.6 Å². The van der Waals surface area contributed by atoms with Crippen molar-refractivity contribution in [2.24, 2.45) is 0 Å². The van der Waals surface area contributed by atoms with E-state index in [1.54, 1.807) is 24.3 Å². The molecule has 0 aliphatic carbocycles. The molecule has 7 nitrogen and oxygen atoms in total. The van der Waals surface area contributed by atoms with Gasteiger partial charge in [0.2, 0.25) is 5.91 Å². The molecule has 9 heteroatoms. The first-order chi connectivity index (χ1) is 14.5. The molecule has 1 atom stereocenters. The van der Waals surface area contributed by atoms with Gasteiger partial charge in [-0.15, -0.1) is 0 Å². The summed E-state index contributed by atoms with van der Waals surface area (Å²) in [5.41, 5.74) is 1.46. The average Bonchev–Trinajstić information content (AvgIpc) is 3.15. The highest BCUT2D eigenvalue weighted by Crippen LogP contribution is 2.18. The minimum atomic E-state index is -0.861. The van der Waals surface area contributed by atoms with Crippen LogP contribution in [0, 0.1) is 5.82 Å². The molecule has 4 N–H and O–H groups in total. The van der Waals surface area contributed by atoms with Gasteiger partial charge < -0.3 is 20.7 Å². The van der Waals surface area contributed by atoms with Gasteiger partial charge in [0.1, 0.15) is 23.2 Å². The van der Waals surface area contributed by atoms with Crippen molar-refractivity contribution in [1.29, 1.82) is 0 Å². The summed E-state index contributed by atoms with van der Waals surface area (Å²) in [7, 11) is 0. The fourth-order valence-corrected chi connectivity index (χ4v) is 3.15. The van der Waals surface area contributed by atoms with E-state index in [4.69, 9.17) is 16.7 Å². The maximum atomic E-state index is 13.2. The Bertz CT molecular complexity index is 1020. The van der Waals surface area contributed by atoms with Crippen molar-refractivity contribution in [3.05, 3.63) is 64.7 Å². The van der Waals surface area contributed by atoms with Crippen molar-refractivity contribution in [3.8, 4) is 0 Å². The van der Waals surface area contributed by atoms with Crippen LogP contribution in [0.15, 0.2) is 42.6 Å². The summed E-state index contributed by atoms with van der Waals surface area (Å²) in [6.07, 6.45) is 2.86. The van der Waals surface area contributed by atoms with Gasteiger partial charge in [-0.05, 0) is 42.7 Å². The lowest BCUT2D eigenvalue weighted by molar-refractivity contribution is -0.122. The standard InChI is InChI=1S/C21H22ClFN4O3/c22-15-10-14-11-18(26-19(14)25-12-15)21(30)27-17(20(29)24-7-1-2-8-28)9-13-3-5-16(23)6-4-13/h3-6,10-12,17,28H,1-2,7-9H2,(H,24,29)(H,25,26)(H,27,30)/t17-/m0/s1. The molecule has 1 aromatic carbocycles. The second kappa shape index (κ2) is 10.2. The molecule has 0 unspecified atom stereocenters. The van der Waals surface area contributed by atoms with E-state index >= 15 is 0 Å². The normalized spacial score (nSPS) is 12.0. The van der Waals surface area contributed by atoms with Gasteiger partial charge in [0, 0.05) is 31.2 Å². The number of rotatable bonds is 9. The maximum absolute atomic E-state index is 13.2. The predicted octanol–water partition coefficient (Wildman–Crippen LogP) is 2.59. The summed E-state index contributed by atoms with van der Waals surface area (Å²) in [5, 5.41) is 15.5. The summed E-state index contributed by atoms with van der Waals surface area (Å²) in [4.78, 5) is 32.5. The van der Waals surface area contributed by atoms with E-state index in [0.717, 1.165) is 0 Å². The first-order valence-corrected chi connectivity index (χ1v) is 9.92. The number of nitrogens with one attached hydrogen (secondary N) is 3. The fourth-order valence-electron chi connectivity index (χ4n) is 2.98. The number of pyridine rings is 1. The van der Waals surface area contributed by atoms with Crippen molar-refractivity contribution in [3.63, 3.8) is 0 Å². The number of nitrogens with zero attached hydrogens (tertiary/aromatic N) is 1. The van der Waals surface area contributed by atoms with Gasteiger partial charge in [0.15, 0.2) is 0 Å². The van der Waals surface area contributed by atoms with E-state index in [-0.39, 0.29) is 30.4 Å². The smallest absolute Gasteiger partial charge is 0.268 e. The van der Waals surface area contributed by atoms with Crippen LogP contribution in [0.1, 0.15) is 28.9 Å². The number of aliphatic hydroxyl groups excluding tert-OH is 1. The molecular formula is C21H22ClFN4O3. The SMILES string of the molecule is O=C(N[C@@H](Cc1ccc(F)cc1)C(=O)NCCCCO)c1cc2cc(Cl)cnc2[nH]1. The van der Waals surface area contributed by atoms with Crippen LogP contribution < -0.4 is 10.6 Å². The van der Waals surface area contributed by atoms with E-state index in [1.807, 2.05) is 0 Å². The number of carbonyl (C=O) groups is 2. The Morgan fingerprint density at radius 1 is 1.20 bits per heavy atom. The van der Waals surface area contributed by atoms with Crippen molar-refractivity contribution in [1.82, 2.24) is 20.6 Å². The van der Waals surface area contributed by atoms with Gasteiger partial charge in [-0.1, -0.05) is 23.7 Å². The Morgan fingerprint density at radius 2 is 1.97 bits per heavy atom. The van der Waals surface area contributed by atoms with Crippen LogP contribution in [0.3, 0.4) is 0 Å². The van der Waals surface area contributed by atoms with Crippen LogP contribution in [0.5, 0.6) is 0 Å². The van der Waals surface area contributed by atoms with Crippen LogP contribution >= 0.6 is 11.6 Å². The lowest BCUT2D eigenvalue weighted by Crippen LogP contribution is -2.48. The number of aliphatic hydroxyl groups is 1. The molecule has 0 aliphatic heterocycles. The van der Waals surface area contributed by atoms with E-state index in [1.165, 1.54) is 18.3 Å². The molecule has 2 amide bonds. The number of aromatic nitrogens is 2. The molecule has 30 heavy (non-hydrogen) atoms. The zero-order valence-corrected chi connectivity index (χ0v) is 16.9. The Balaban J connectivity index is 1.74. The van der Waals surface area contributed by atoms with E-state index < -0.39 is 11.9 Å². The largest absolute Gasteiger partial charge is 0.396 e. The highest BCUT2D eigenvalue weighted by molar-refractivity contribution is 6.31. The Hall–Kier alpha value is -2.97. The van der Waals surface area contributed by atoms with Gasteiger partial charge in [-0.3, -0.25) is 9.59 Å². The number of hydrogen-bond donors (Lipinski definition) is 4. The summed E-state index contributed by atoms with van der Waals surface area (Å²) >= 11 is 5.93. The maximum Gasteiger partial charge on any atom is 0.268 e. The summed E-state index contributed by atoms with van der Waals surface area (Å²) in [6.45, 7) is 0.425. The number of carbonyl (C=O) groups excluding carboxylic acids is 2. The molecule has 0 bridgehead atoms. The lowest BCUT2D eigenvalue weighted by atomic mass is 10.0. The second-order valence-corrected chi connectivity index (χ2v) is 7.29. The summed E-state index contributed by atoms with van der Waals surface area (Å²) < 4.78 is 13.2. The topological polar surface area (TPSA) is 107 Å². The number of aromatic amines is 1. The van der Waals surface area contributed by atoms with Crippen molar-refractivity contribution < 1.29 is 19.1 Å². The molecule has 3 rings (SSSR count). The predicted molar refractivity (Wildman–Crippen MR) is 112 cm³/mol. The van der Waals surface area contributed by atoms with Crippen molar-refractivity contribution in [2.75, 3.05) is 13.2 Å². The number of halogens is 2. The zero-order chi connectivity index (χ0) is 21.5. The number of H-pyrrole nitrogens is 1. The number of hydrogen-bond acceptors (Lipinski definition) is 4. The average molecular weight is 433 g/mol. The molecule has 0 saturated heterocycles. The van der Waals surface area contributed by atoms with Crippen LogP contribution in [-0.4, -0.2) is 46.1 Å². The lowest BCUT2D eigenvalue weighted by Gasteiger charge is -2.18. The monoisotopic (exact) mass is 432 g/mol. The highest BCUT2D eigenvalue weighted by atomic mass is 35.5. The molecule has 0 radical (unpaired) electrons. The van der Waals surface area contributed by atoms with Gasteiger partial charge in [0.25, 0.3) is 5.91 Å². The summed E-state index contributed by atoms with van der Waals surface area (Å²) in [5.74, 6) is -1.21. The minimum Gasteiger partial charge on any atom is -0.396 e. The van der Waals surface area contributed by atoms with Crippen LogP contribution in [-0.2, 0) is 11.2 Å². The first-order valence-electron chi connectivity index (χ1n) is 9.54. The third-order valence-electron chi connectivity index (χ3n) is 4.54. The fraction of sp³-hybridized carbons (Fsp3) is 0.286. The van der Waals surface area contributed by atoms with Crippen LogP contribution in [0.2, 0.25) is 5.02 Å². The summed E-state index contributed by atoms with van der Waals surface area (Å²) in [6, 6.07) is 8.18. The zero-order valence-electron chi connectivity index (χ0n) is 16.1. The number of benzene rings is 1. The number of amides is 2. The van der Waals surface area contributed by atoms with E-state index in [0.29, 0.717) is 41.0 Å². The molecule has 2 heterocycles. The van der Waals surface area contributed by atoms with Gasteiger partial charge >= 0.3 is 0 Å². The first kappa shape index (κ1) is 21.7. The Labute approximate surface area is 177 Å². The van der Waals surface area contributed by atoms with Crippen molar-refractivity contribution in [2.45, 2.75) is 25.3 Å². The number of fused-ring (bicyclic) bond motifs is 1. The van der Waals surface area contributed by atoms with E-state index in [9.17, 15) is 14.0 Å². The molecule has 0 saturated carbocycles. The molecule has 0 spiro atoms. The molecule has 0 fully saturated rings. The molecule has 2 aromatic heterocycles. The van der Waals surface area contributed by atoms with Gasteiger partial charge in [-0.25, -0.2) is 9.37 Å². The molecule has 3 aromatic rings. The van der Waals surface area contributed by atoms with Crippen LogP contribution in [0.25, 0.3) is 11.0 Å². The third-order valence-corrected chi connectivity index (χ3v) is 4.75. The Kier molecular flexibility index (Phi) is 7.37. The van der Waals surface area contributed by atoms with Crippen LogP contribution in [0.4, 0.5) is 4.39 Å².